The first-order valence-electron chi connectivity index (χ1n) is 5.74. The summed E-state index contributed by atoms with van der Waals surface area (Å²) in [6.45, 7) is 8.15. The summed E-state index contributed by atoms with van der Waals surface area (Å²) < 4.78 is 9.77. The third-order valence-electron chi connectivity index (χ3n) is 2.01. The molecule has 0 bridgehead atoms. The molecule has 0 heterocycles. The molecule has 0 spiro atoms. The molecule has 4 nitrogen and oxygen atoms in total. The van der Waals surface area contributed by atoms with Crippen molar-refractivity contribution in [2.75, 3.05) is 6.61 Å². The van der Waals surface area contributed by atoms with Gasteiger partial charge >= 0.3 is 11.9 Å². The highest BCUT2D eigenvalue weighted by Crippen LogP contribution is 2.02. The normalized spacial score (nSPS) is 12.6. The van der Waals surface area contributed by atoms with Gasteiger partial charge in [0.1, 0.15) is 6.61 Å². The first-order chi connectivity index (χ1) is 8.92. The molecule has 0 aliphatic rings. The van der Waals surface area contributed by atoms with Crippen LogP contribution in [0.5, 0.6) is 0 Å². The Morgan fingerprint density at radius 1 is 1.47 bits per heavy atom. The molecule has 0 radical (unpaired) electrons. The minimum Gasteiger partial charge on any atom is -0.457 e. The summed E-state index contributed by atoms with van der Waals surface area (Å²) >= 11 is 0. The summed E-state index contributed by atoms with van der Waals surface area (Å²) in [5.41, 5.74) is 0.738. The molecule has 102 valence electrons. The fourth-order valence-electron chi connectivity index (χ4n) is 0.926. The highest BCUT2D eigenvalue weighted by Gasteiger charge is 2.19. The van der Waals surface area contributed by atoms with E-state index < -0.39 is 18.0 Å². The van der Waals surface area contributed by atoms with Crippen LogP contribution in [-0.4, -0.2) is 24.6 Å². The predicted molar refractivity (Wildman–Crippen MR) is 73.1 cm³/mol. The molecular formula is C15H18O4. The van der Waals surface area contributed by atoms with Gasteiger partial charge in [0.2, 0.25) is 0 Å². The second-order valence-corrected chi connectivity index (χ2v) is 3.80. The number of allylic oxidation sites excluding steroid dienone is 3. The van der Waals surface area contributed by atoms with E-state index in [2.05, 4.69) is 12.5 Å². The summed E-state index contributed by atoms with van der Waals surface area (Å²) in [5.74, 6) is 1.11. The fourth-order valence-corrected chi connectivity index (χ4v) is 0.926. The molecule has 0 N–H and O–H groups in total. The van der Waals surface area contributed by atoms with E-state index in [4.69, 9.17) is 15.9 Å². The van der Waals surface area contributed by atoms with Gasteiger partial charge in [-0.05, 0) is 26.8 Å². The lowest BCUT2D eigenvalue weighted by molar-refractivity contribution is -0.163. The summed E-state index contributed by atoms with van der Waals surface area (Å²) in [7, 11) is 0. The maximum atomic E-state index is 11.6. The van der Waals surface area contributed by atoms with Gasteiger partial charge in [-0.2, -0.15) is 0 Å². The van der Waals surface area contributed by atoms with E-state index in [0.29, 0.717) is 5.57 Å². The number of rotatable bonds is 6. The third-order valence-corrected chi connectivity index (χ3v) is 2.01. The molecule has 0 aliphatic carbocycles. The summed E-state index contributed by atoms with van der Waals surface area (Å²) in [6.07, 6.45) is 9.47. The van der Waals surface area contributed by atoms with Gasteiger partial charge in [-0.25, -0.2) is 9.59 Å². The predicted octanol–water partition coefficient (Wildman–Crippen LogP) is 2.17. The average Bonchev–Trinajstić information content (AvgIpc) is 2.38. The Kier molecular flexibility index (Phi) is 7.71. The fraction of sp³-hybridized carbons (Fsp3) is 0.333. The Balaban J connectivity index is 4.35. The van der Waals surface area contributed by atoms with Crippen LogP contribution >= 0.6 is 0 Å². The van der Waals surface area contributed by atoms with Crippen LogP contribution in [0, 0.1) is 12.3 Å². The maximum absolute atomic E-state index is 11.6. The largest absolute Gasteiger partial charge is 0.457 e. The van der Waals surface area contributed by atoms with Crippen LogP contribution in [0.25, 0.3) is 0 Å². The van der Waals surface area contributed by atoms with E-state index in [9.17, 15) is 9.59 Å². The van der Waals surface area contributed by atoms with Gasteiger partial charge in [0, 0.05) is 11.1 Å². The lowest BCUT2D eigenvalue weighted by Gasteiger charge is -2.12. The zero-order chi connectivity index (χ0) is 14.8. The van der Waals surface area contributed by atoms with Crippen molar-refractivity contribution in [3.8, 4) is 12.3 Å². The molecule has 0 fully saturated rings. The van der Waals surface area contributed by atoms with E-state index in [1.165, 1.54) is 13.8 Å². The second-order valence-electron chi connectivity index (χ2n) is 3.80. The molecule has 4 heteroatoms. The summed E-state index contributed by atoms with van der Waals surface area (Å²) in [4.78, 5) is 22.8. The van der Waals surface area contributed by atoms with E-state index >= 15 is 0 Å². The lowest BCUT2D eigenvalue weighted by Crippen LogP contribution is -2.27. The van der Waals surface area contributed by atoms with Crippen LogP contribution in [0.2, 0.25) is 0 Å². The van der Waals surface area contributed by atoms with Crippen molar-refractivity contribution in [1.29, 1.82) is 0 Å². The Morgan fingerprint density at radius 3 is 2.58 bits per heavy atom. The van der Waals surface area contributed by atoms with Gasteiger partial charge in [0.25, 0.3) is 0 Å². The average molecular weight is 262 g/mol. The number of hydrogen-bond acceptors (Lipinski definition) is 4. The minimum atomic E-state index is -0.995. The van der Waals surface area contributed by atoms with Crippen LogP contribution < -0.4 is 0 Å². The number of carbonyl (C=O) groups excluding carboxylic acids is 2. The monoisotopic (exact) mass is 262 g/mol. The number of hydrogen-bond donors (Lipinski definition) is 0. The van der Waals surface area contributed by atoms with E-state index in [1.54, 1.807) is 18.2 Å². The van der Waals surface area contributed by atoms with Crippen molar-refractivity contribution in [2.24, 2.45) is 0 Å². The van der Waals surface area contributed by atoms with Gasteiger partial charge in [-0.1, -0.05) is 24.7 Å². The van der Waals surface area contributed by atoms with Gasteiger partial charge in [0.15, 0.2) is 6.10 Å². The highest BCUT2D eigenvalue weighted by atomic mass is 16.6. The van der Waals surface area contributed by atoms with Crippen LogP contribution in [0.3, 0.4) is 0 Å². The molecule has 1 atom stereocenters. The van der Waals surface area contributed by atoms with Crippen molar-refractivity contribution in [2.45, 2.75) is 26.9 Å². The zero-order valence-corrected chi connectivity index (χ0v) is 11.4. The smallest absolute Gasteiger partial charge is 0.347 e. The van der Waals surface area contributed by atoms with Crippen LogP contribution in [-0.2, 0) is 19.1 Å². The Bertz CT molecular complexity index is 449. The van der Waals surface area contributed by atoms with E-state index in [1.807, 2.05) is 6.92 Å². The van der Waals surface area contributed by atoms with Crippen molar-refractivity contribution < 1.29 is 19.1 Å². The number of ether oxygens (including phenoxy) is 2. The number of esters is 2. The molecule has 0 amide bonds. The Hall–Kier alpha value is -2.28. The first-order valence-corrected chi connectivity index (χ1v) is 5.74. The molecular weight excluding hydrogens is 244 g/mol. The van der Waals surface area contributed by atoms with Gasteiger partial charge < -0.3 is 9.47 Å². The van der Waals surface area contributed by atoms with Crippen LogP contribution in [0.1, 0.15) is 20.8 Å². The molecule has 0 aliphatic heterocycles. The summed E-state index contributed by atoms with van der Waals surface area (Å²) in [5, 5.41) is 0. The molecule has 1 unspecified atom stereocenters. The molecule has 0 aromatic rings. The molecule has 0 aromatic carbocycles. The van der Waals surface area contributed by atoms with Gasteiger partial charge in [-0.15, -0.1) is 6.42 Å². The van der Waals surface area contributed by atoms with E-state index in [-0.39, 0.29) is 12.2 Å². The summed E-state index contributed by atoms with van der Waals surface area (Å²) in [6, 6.07) is 0. The standard InChI is InChI=1S/C15H18O4/c1-6-8-9-13(7-2)10-18-15(17)12(5)19-14(16)11(3)4/h2,6,8-9,12H,3,10H2,1,4-5H3/b8-6-,13-9+. The van der Waals surface area contributed by atoms with Crippen molar-refractivity contribution in [1.82, 2.24) is 0 Å². The second kappa shape index (κ2) is 8.76. The zero-order valence-electron chi connectivity index (χ0n) is 11.4. The number of carbonyl (C=O) groups is 2. The number of terminal acetylenes is 1. The van der Waals surface area contributed by atoms with Crippen molar-refractivity contribution in [3.63, 3.8) is 0 Å². The van der Waals surface area contributed by atoms with Gasteiger partial charge in [0.05, 0.1) is 0 Å². The molecule has 19 heavy (non-hydrogen) atoms. The van der Waals surface area contributed by atoms with E-state index in [0.717, 1.165) is 0 Å². The minimum absolute atomic E-state index is 0.0331. The maximum Gasteiger partial charge on any atom is 0.347 e. The highest BCUT2D eigenvalue weighted by molar-refractivity contribution is 5.89. The van der Waals surface area contributed by atoms with Crippen LogP contribution in [0.15, 0.2) is 36.0 Å². The lowest BCUT2D eigenvalue weighted by atomic mass is 10.2. The van der Waals surface area contributed by atoms with Crippen LogP contribution in [0.4, 0.5) is 0 Å². The van der Waals surface area contributed by atoms with Crippen molar-refractivity contribution in [3.05, 3.63) is 36.0 Å². The SMILES string of the molecule is C#C/C(=C\C=C/C)COC(=O)C(C)OC(=O)C(=C)C. The Morgan fingerprint density at radius 2 is 2.11 bits per heavy atom. The van der Waals surface area contributed by atoms with Gasteiger partial charge in [-0.3, -0.25) is 0 Å². The molecule has 0 saturated heterocycles. The topological polar surface area (TPSA) is 52.6 Å². The quantitative estimate of drug-likeness (QED) is 0.318. The molecule has 0 saturated carbocycles. The third kappa shape index (κ3) is 6.89. The molecule has 0 aromatic heterocycles. The molecule has 0 rings (SSSR count). The first kappa shape index (κ1) is 16.7. The Labute approximate surface area is 113 Å². The van der Waals surface area contributed by atoms with Crippen molar-refractivity contribution >= 4 is 11.9 Å².